The van der Waals surface area contributed by atoms with E-state index in [0.29, 0.717) is 17.6 Å². The van der Waals surface area contributed by atoms with Crippen molar-refractivity contribution >= 4 is 28.6 Å². The number of rotatable bonds is 3. The average molecular weight is 344 g/mol. The lowest BCUT2D eigenvalue weighted by atomic mass is 9.92. The van der Waals surface area contributed by atoms with E-state index in [1.54, 1.807) is 17.7 Å². The van der Waals surface area contributed by atoms with Crippen LogP contribution in [0.15, 0.2) is 40.0 Å². The molecule has 0 spiro atoms. The fourth-order valence-corrected chi connectivity index (χ4v) is 4.57. The Morgan fingerprint density at radius 2 is 1.88 bits per heavy atom. The van der Waals surface area contributed by atoms with E-state index in [2.05, 4.69) is 13.8 Å². The van der Waals surface area contributed by atoms with E-state index in [0.717, 1.165) is 28.9 Å². The maximum Gasteiger partial charge on any atom is 0.251 e. The molecule has 24 heavy (non-hydrogen) atoms. The Morgan fingerprint density at radius 1 is 1.21 bits per heavy atom. The highest BCUT2D eigenvalue weighted by Gasteiger charge is 2.25. The maximum atomic E-state index is 12.6. The minimum absolute atomic E-state index is 0.0381. The van der Waals surface area contributed by atoms with Gasteiger partial charge < -0.3 is 9.47 Å². The van der Waals surface area contributed by atoms with E-state index in [-0.39, 0.29) is 11.5 Å². The van der Waals surface area contributed by atoms with Crippen molar-refractivity contribution in [3.63, 3.8) is 0 Å². The Morgan fingerprint density at radius 3 is 2.58 bits per heavy atom. The lowest BCUT2D eigenvalue weighted by molar-refractivity contribution is -0.130. The molecular formula is C19H24N2O2S. The summed E-state index contributed by atoms with van der Waals surface area (Å²) in [6.45, 7) is 6.11. The van der Waals surface area contributed by atoms with Crippen LogP contribution in [0.1, 0.15) is 20.3 Å². The molecule has 0 saturated carbocycles. The molecule has 1 saturated heterocycles. The monoisotopic (exact) mass is 344 g/mol. The number of thioether (sulfide) groups is 1. The number of benzene rings is 1. The molecule has 0 radical (unpaired) electrons. The Hall–Kier alpha value is -1.75. The summed E-state index contributed by atoms with van der Waals surface area (Å²) < 4.78 is 1.65. The van der Waals surface area contributed by atoms with Crippen LogP contribution in [0.25, 0.3) is 10.9 Å². The van der Waals surface area contributed by atoms with Crippen molar-refractivity contribution in [2.24, 2.45) is 18.9 Å². The first-order chi connectivity index (χ1) is 11.5. The summed E-state index contributed by atoms with van der Waals surface area (Å²) in [5.74, 6) is 1.68. The first kappa shape index (κ1) is 17.1. The number of piperidine rings is 1. The number of hydrogen-bond donors (Lipinski definition) is 0. The minimum atomic E-state index is -0.0381. The average Bonchev–Trinajstić information content (AvgIpc) is 2.55. The zero-order chi connectivity index (χ0) is 17.3. The van der Waals surface area contributed by atoms with Gasteiger partial charge in [0.25, 0.3) is 5.56 Å². The molecule has 1 aliphatic heterocycles. The summed E-state index contributed by atoms with van der Waals surface area (Å²) in [6.07, 6.45) is 1.19. The lowest BCUT2D eigenvalue weighted by Crippen LogP contribution is -2.43. The molecule has 128 valence electrons. The molecule has 5 heteroatoms. The van der Waals surface area contributed by atoms with Gasteiger partial charge in [0, 0.05) is 36.5 Å². The van der Waals surface area contributed by atoms with Crippen LogP contribution in [0, 0.1) is 11.8 Å². The normalized spacial score (nSPS) is 21.2. The van der Waals surface area contributed by atoms with E-state index in [1.807, 2.05) is 29.2 Å². The quantitative estimate of drug-likeness (QED) is 0.804. The standard InChI is InChI=1S/C19H24N2O2S/c1-13-8-14(2)11-21(10-13)19(23)12-24-17-9-18(22)20(3)16-7-5-4-6-15(16)17/h4-7,9,13-14H,8,10-12H2,1-3H3. The molecule has 2 atom stereocenters. The number of aryl methyl sites for hydroxylation is 1. The van der Waals surface area contributed by atoms with Crippen LogP contribution >= 0.6 is 11.8 Å². The van der Waals surface area contributed by atoms with Crippen molar-refractivity contribution in [2.45, 2.75) is 25.2 Å². The smallest absolute Gasteiger partial charge is 0.251 e. The van der Waals surface area contributed by atoms with Gasteiger partial charge in [-0.05, 0) is 24.3 Å². The fraction of sp³-hybridized carbons (Fsp3) is 0.474. The number of carbonyl (C=O) groups excluding carboxylic acids is 1. The third-order valence-electron chi connectivity index (χ3n) is 4.69. The molecule has 2 aromatic rings. The van der Waals surface area contributed by atoms with Crippen LogP contribution in [-0.2, 0) is 11.8 Å². The van der Waals surface area contributed by atoms with E-state index >= 15 is 0 Å². The van der Waals surface area contributed by atoms with Crippen molar-refractivity contribution in [1.82, 2.24) is 9.47 Å². The summed E-state index contributed by atoms with van der Waals surface area (Å²) in [4.78, 5) is 27.6. The van der Waals surface area contributed by atoms with E-state index in [1.165, 1.54) is 18.2 Å². The molecule has 0 N–H and O–H groups in total. The Labute approximate surface area is 146 Å². The summed E-state index contributed by atoms with van der Waals surface area (Å²) in [5, 5.41) is 1.03. The first-order valence-corrected chi connectivity index (χ1v) is 9.43. The molecule has 0 bridgehead atoms. The summed E-state index contributed by atoms with van der Waals surface area (Å²) in [7, 11) is 1.78. The van der Waals surface area contributed by atoms with Crippen LogP contribution < -0.4 is 5.56 Å². The molecule has 2 unspecified atom stereocenters. The number of aromatic nitrogens is 1. The van der Waals surface area contributed by atoms with Crippen LogP contribution in [-0.4, -0.2) is 34.2 Å². The SMILES string of the molecule is CC1CC(C)CN(C(=O)CSc2cc(=O)n(C)c3ccccc23)C1. The first-order valence-electron chi connectivity index (χ1n) is 8.45. The molecule has 1 aromatic carbocycles. The second kappa shape index (κ2) is 7.01. The van der Waals surface area contributed by atoms with Gasteiger partial charge in [-0.3, -0.25) is 9.59 Å². The predicted octanol–water partition coefficient (Wildman–Crippen LogP) is 3.14. The van der Waals surface area contributed by atoms with Crippen LogP contribution in [0.2, 0.25) is 0 Å². The number of pyridine rings is 1. The van der Waals surface area contributed by atoms with Gasteiger partial charge in [0.05, 0.1) is 11.3 Å². The number of fused-ring (bicyclic) bond motifs is 1. The molecule has 4 nitrogen and oxygen atoms in total. The largest absolute Gasteiger partial charge is 0.341 e. The maximum absolute atomic E-state index is 12.6. The zero-order valence-electron chi connectivity index (χ0n) is 14.5. The van der Waals surface area contributed by atoms with E-state index in [9.17, 15) is 9.59 Å². The van der Waals surface area contributed by atoms with Gasteiger partial charge in [-0.2, -0.15) is 0 Å². The van der Waals surface area contributed by atoms with Crippen molar-refractivity contribution in [1.29, 1.82) is 0 Å². The summed E-state index contributed by atoms with van der Waals surface area (Å²) in [5.41, 5.74) is 0.865. The Balaban J connectivity index is 1.77. The van der Waals surface area contributed by atoms with Gasteiger partial charge >= 0.3 is 0 Å². The zero-order valence-corrected chi connectivity index (χ0v) is 15.3. The van der Waals surface area contributed by atoms with Crippen molar-refractivity contribution in [2.75, 3.05) is 18.8 Å². The molecular weight excluding hydrogens is 320 g/mol. The van der Waals surface area contributed by atoms with Crippen molar-refractivity contribution in [3.05, 3.63) is 40.7 Å². The van der Waals surface area contributed by atoms with Gasteiger partial charge in [0.2, 0.25) is 5.91 Å². The molecule has 1 aromatic heterocycles. The van der Waals surface area contributed by atoms with Gasteiger partial charge in [0.15, 0.2) is 0 Å². The molecule has 1 fully saturated rings. The topological polar surface area (TPSA) is 42.3 Å². The molecule has 1 aliphatic rings. The van der Waals surface area contributed by atoms with Gasteiger partial charge in [0.1, 0.15) is 0 Å². The Kier molecular flexibility index (Phi) is 4.99. The summed E-state index contributed by atoms with van der Waals surface area (Å²) in [6, 6.07) is 9.48. The fourth-order valence-electron chi connectivity index (χ4n) is 3.60. The van der Waals surface area contributed by atoms with Crippen molar-refractivity contribution in [3.8, 4) is 0 Å². The van der Waals surface area contributed by atoms with E-state index in [4.69, 9.17) is 0 Å². The third kappa shape index (κ3) is 3.51. The van der Waals surface area contributed by atoms with Gasteiger partial charge in [-0.25, -0.2) is 0 Å². The van der Waals surface area contributed by atoms with Gasteiger partial charge in [-0.1, -0.05) is 32.0 Å². The molecule has 0 aliphatic carbocycles. The molecule has 2 heterocycles. The lowest BCUT2D eigenvalue weighted by Gasteiger charge is -2.35. The highest BCUT2D eigenvalue weighted by Crippen LogP contribution is 2.27. The second-order valence-electron chi connectivity index (χ2n) is 6.96. The second-order valence-corrected chi connectivity index (χ2v) is 7.97. The van der Waals surface area contributed by atoms with Crippen LogP contribution in [0.4, 0.5) is 0 Å². The minimum Gasteiger partial charge on any atom is -0.341 e. The predicted molar refractivity (Wildman–Crippen MR) is 99.4 cm³/mol. The Bertz CT molecular complexity index is 805. The number of nitrogens with zero attached hydrogens (tertiary/aromatic N) is 2. The highest BCUT2D eigenvalue weighted by molar-refractivity contribution is 8.00. The molecule has 1 amide bonds. The molecule has 3 rings (SSSR count). The van der Waals surface area contributed by atoms with Crippen LogP contribution in [0.3, 0.4) is 0 Å². The summed E-state index contributed by atoms with van der Waals surface area (Å²) >= 11 is 1.47. The number of para-hydroxylation sites is 1. The van der Waals surface area contributed by atoms with Crippen LogP contribution in [0.5, 0.6) is 0 Å². The number of carbonyl (C=O) groups is 1. The number of likely N-dealkylation sites (tertiary alicyclic amines) is 1. The number of hydrogen-bond acceptors (Lipinski definition) is 3. The highest BCUT2D eigenvalue weighted by atomic mass is 32.2. The van der Waals surface area contributed by atoms with Gasteiger partial charge in [-0.15, -0.1) is 11.8 Å². The van der Waals surface area contributed by atoms with Crippen molar-refractivity contribution < 1.29 is 4.79 Å². The third-order valence-corrected chi connectivity index (χ3v) is 5.73. The van der Waals surface area contributed by atoms with E-state index < -0.39 is 0 Å². The number of amides is 1.